The SMILES string of the molecule is O=C(O)C(O)(CCN1CCCCC1)C(=O)O.[LiH]. The van der Waals surface area contributed by atoms with Gasteiger partial charge in [-0.3, -0.25) is 0 Å². The van der Waals surface area contributed by atoms with Crippen molar-refractivity contribution in [3.05, 3.63) is 0 Å². The number of likely N-dealkylation sites (tertiary alicyclic amines) is 1. The summed E-state index contributed by atoms with van der Waals surface area (Å²) in [5, 5.41) is 26.8. The molecule has 0 aliphatic carbocycles. The van der Waals surface area contributed by atoms with Crippen molar-refractivity contribution in [3.63, 3.8) is 0 Å². The summed E-state index contributed by atoms with van der Waals surface area (Å²) >= 11 is 0. The monoisotopic (exact) mass is 239 g/mol. The van der Waals surface area contributed by atoms with Gasteiger partial charge < -0.3 is 20.2 Å². The molecule has 0 radical (unpaired) electrons. The average Bonchev–Trinajstić information content (AvgIpc) is 2.26. The molecule has 0 spiro atoms. The van der Waals surface area contributed by atoms with Crippen LogP contribution in [0.1, 0.15) is 25.7 Å². The van der Waals surface area contributed by atoms with Crippen LogP contribution in [0.3, 0.4) is 0 Å². The Bertz CT molecular complexity index is 264. The van der Waals surface area contributed by atoms with Crippen LogP contribution in [0.4, 0.5) is 0 Å². The van der Waals surface area contributed by atoms with Crippen LogP contribution in [-0.2, 0) is 9.59 Å². The molecular formula is C10H18LiNO5. The summed E-state index contributed by atoms with van der Waals surface area (Å²) in [5.41, 5.74) is -2.66. The third-order valence-electron chi connectivity index (χ3n) is 2.95. The molecule has 0 aromatic rings. The van der Waals surface area contributed by atoms with E-state index < -0.39 is 17.5 Å². The number of nitrogens with zero attached hydrogens (tertiary/aromatic N) is 1. The number of hydrogen-bond donors (Lipinski definition) is 3. The molecule has 1 aliphatic heterocycles. The predicted molar refractivity (Wildman–Crippen MR) is 62.3 cm³/mol. The van der Waals surface area contributed by atoms with E-state index in [1.165, 1.54) is 0 Å². The van der Waals surface area contributed by atoms with Crippen LogP contribution in [0.5, 0.6) is 0 Å². The van der Waals surface area contributed by atoms with Gasteiger partial charge in [0, 0.05) is 13.0 Å². The van der Waals surface area contributed by atoms with Crippen molar-refractivity contribution in [1.82, 2.24) is 4.90 Å². The molecule has 94 valence electrons. The van der Waals surface area contributed by atoms with E-state index in [-0.39, 0.29) is 25.3 Å². The molecule has 0 atom stereocenters. The fourth-order valence-electron chi connectivity index (χ4n) is 1.81. The van der Waals surface area contributed by atoms with Crippen molar-refractivity contribution in [1.29, 1.82) is 0 Å². The second-order valence-corrected chi connectivity index (χ2v) is 4.12. The summed E-state index contributed by atoms with van der Waals surface area (Å²) in [6.45, 7) is 1.99. The zero-order valence-corrected chi connectivity index (χ0v) is 9.06. The zero-order valence-electron chi connectivity index (χ0n) is 9.06. The van der Waals surface area contributed by atoms with Crippen LogP contribution in [0.15, 0.2) is 0 Å². The summed E-state index contributed by atoms with van der Waals surface area (Å²) in [5.74, 6) is -3.39. The Labute approximate surface area is 112 Å². The van der Waals surface area contributed by atoms with Gasteiger partial charge >= 0.3 is 30.8 Å². The third kappa shape index (κ3) is 4.32. The molecule has 1 fully saturated rings. The van der Waals surface area contributed by atoms with Crippen molar-refractivity contribution >= 4 is 30.8 Å². The van der Waals surface area contributed by atoms with E-state index in [1.807, 2.05) is 4.90 Å². The van der Waals surface area contributed by atoms with Crippen molar-refractivity contribution in [3.8, 4) is 0 Å². The van der Waals surface area contributed by atoms with Crippen molar-refractivity contribution in [2.24, 2.45) is 0 Å². The fraction of sp³-hybridized carbons (Fsp3) is 0.800. The van der Waals surface area contributed by atoms with Crippen LogP contribution in [0.2, 0.25) is 0 Å². The molecule has 0 unspecified atom stereocenters. The van der Waals surface area contributed by atoms with Crippen LogP contribution in [-0.4, -0.2) is 76.3 Å². The first kappa shape index (κ1) is 16.5. The van der Waals surface area contributed by atoms with Crippen LogP contribution in [0.25, 0.3) is 0 Å². The zero-order chi connectivity index (χ0) is 12.2. The Kier molecular flexibility index (Phi) is 6.79. The Hall–Kier alpha value is -0.543. The number of carboxylic acid groups (broad SMARTS) is 2. The molecule has 3 N–H and O–H groups in total. The molecule has 0 aromatic carbocycles. The molecule has 1 rings (SSSR count). The van der Waals surface area contributed by atoms with Crippen molar-refractivity contribution in [2.45, 2.75) is 31.3 Å². The first-order valence-corrected chi connectivity index (χ1v) is 5.38. The van der Waals surface area contributed by atoms with Gasteiger partial charge in [-0.1, -0.05) is 6.42 Å². The number of aliphatic hydroxyl groups is 1. The second-order valence-electron chi connectivity index (χ2n) is 4.12. The number of piperidine rings is 1. The van der Waals surface area contributed by atoms with Crippen LogP contribution < -0.4 is 0 Å². The van der Waals surface area contributed by atoms with Gasteiger partial charge in [0.15, 0.2) is 0 Å². The Morgan fingerprint density at radius 1 is 1.06 bits per heavy atom. The van der Waals surface area contributed by atoms with Gasteiger partial charge in [-0.05, 0) is 25.9 Å². The van der Waals surface area contributed by atoms with Gasteiger partial charge in [0.05, 0.1) is 0 Å². The van der Waals surface area contributed by atoms with Gasteiger partial charge in [-0.15, -0.1) is 0 Å². The van der Waals surface area contributed by atoms with Crippen molar-refractivity contribution in [2.75, 3.05) is 19.6 Å². The van der Waals surface area contributed by atoms with Gasteiger partial charge in [-0.2, -0.15) is 0 Å². The fourth-order valence-corrected chi connectivity index (χ4v) is 1.81. The molecule has 6 nitrogen and oxygen atoms in total. The van der Waals surface area contributed by atoms with E-state index in [0.717, 1.165) is 32.4 Å². The number of rotatable bonds is 5. The number of hydrogen-bond acceptors (Lipinski definition) is 4. The maximum atomic E-state index is 10.7. The summed E-state index contributed by atoms with van der Waals surface area (Å²) in [4.78, 5) is 23.4. The Morgan fingerprint density at radius 3 is 1.94 bits per heavy atom. The maximum absolute atomic E-state index is 10.7. The number of carboxylic acids is 2. The average molecular weight is 239 g/mol. The third-order valence-corrected chi connectivity index (χ3v) is 2.95. The Balaban J connectivity index is 0.00000256. The summed E-state index contributed by atoms with van der Waals surface area (Å²) < 4.78 is 0. The second kappa shape index (κ2) is 7.02. The minimum absolute atomic E-state index is 0. The van der Waals surface area contributed by atoms with Crippen LogP contribution in [0, 0.1) is 0 Å². The summed E-state index contributed by atoms with van der Waals surface area (Å²) in [7, 11) is 0. The molecular weight excluding hydrogens is 221 g/mol. The van der Waals surface area contributed by atoms with E-state index in [2.05, 4.69) is 0 Å². The molecule has 1 heterocycles. The quantitative estimate of drug-likeness (QED) is 0.425. The first-order valence-electron chi connectivity index (χ1n) is 5.38. The normalized spacial score (nSPS) is 17.2. The Morgan fingerprint density at radius 2 is 1.53 bits per heavy atom. The van der Waals surface area contributed by atoms with E-state index in [0.29, 0.717) is 6.54 Å². The number of carbonyl (C=O) groups is 2. The number of aliphatic carboxylic acids is 2. The van der Waals surface area contributed by atoms with E-state index in [9.17, 15) is 14.7 Å². The van der Waals surface area contributed by atoms with Gasteiger partial charge in [0.2, 0.25) is 0 Å². The summed E-state index contributed by atoms with van der Waals surface area (Å²) in [6.07, 6.45) is 2.95. The minimum atomic E-state index is -2.66. The molecule has 0 bridgehead atoms. The van der Waals surface area contributed by atoms with Gasteiger partial charge in [0.1, 0.15) is 0 Å². The van der Waals surface area contributed by atoms with Gasteiger partial charge in [0.25, 0.3) is 5.60 Å². The van der Waals surface area contributed by atoms with E-state index in [4.69, 9.17) is 10.2 Å². The van der Waals surface area contributed by atoms with Gasteiger partial charge in [-0.25, -0.2) is 9.59 Å². The van der Waals surface area contributed by atoms with Crippen molar-refractivity contribution < 1.29 is 24.9 Å². The summed E-state index contributed by atoms with van der Waals surface area (Å²) in [6, 6.07) is 0. The molecule has 17 heavy (non-hydrogen) atoms. The first-order chi connectivity index (χ1) is 7.47. The predicted octanol–water partition coefficient (Wildman–Crippen LogP) is -0.886. The van der Waals surface area contributed by atoms with E-state index >= 15 is 0 Å². The standard InChI is InChI=1S/C10H17NO5.Li.H/c12-8(13)10(16,9(14)15)4-7-11-5-2-1-3-6-11;;/h16H,1-7H2,(H,12,13)(H,14,15);;. The molecule has 0 aromatic heterocycles. The molecule has 7 heteroatoms. The van der Waals surface area contributed by atoms with E-state index in [1.54, 1.807) is 0 Å². The van der Waals surface area contributed by atoms with Crippen LogP contribution >= 0.6 is 0 Å². The molecule has 0 saturated carbocycles. The molecule has 1 saturated heterocycles. The molecule has 1 aliphatic rings. The topological polar surface area (TPSA) is 98.1 Å². The molecule has 0 amide bonds.